The number of unbranched alkanes of at least 4 members (excludes halogenated alkanes) is 1. The smallest absolute Gasteiger partial charge is 0.305 e. The first kappa shape index (κ1) is 49.4. The van der Waals surface area contributed by atoms with Crippen molar-refractivity contribution >= 4 is 65.5 Å². The van der Waals surface area contributed by atoms with Crippen molar-refractivity contribution in [2.75, 3.05) is 31.6 Å². The number of nitrogens with one attached hydrogen (secondary N) is 8. The summed E-state index contributed by atoms with van der Waals surface area (Å²) in [6.07, 6.45) is 4.94. The van der Waals surface area contributed by atoms with Crippen molar-refractivity contribution in [2.45, 2.75) is 86.5 Å². The van der Waals surface area contributed by atoms with Gasteiger partial charge in [0.05, 0.1) is 36.8 Å². The average molecular weight is 919 g/mol. The third-order valence-corrected chi connectivity index (χ3v) is 10.9. The zero-order valence-electron chi connectivity index (χ0n) is 35.4. The van der Waals surface area contributed by atoms with Crippen LogP contribution in [0.1, 0.15) is 66.4 Å². The van der Waals surface area contributed by atoms with Crippen LogP contribution in [0.4, 0.5) is 5.82 Å². The van der Waals surface area contributed by atoms with E-state index in [2.05, 4.69) is 67.1 Å². The Morgan fingerprint density at radius 3 is 2.35 bits per heavy atom. The fourth-order valence-electron chi connectivity index (χ4n) is 6.93. The maximum absolute atomic E-state index is 14.1. The van der Waals surface area contributed by atoms with Gasteiger partial charge in [0, 0.05) is 54.8 Å². The first-order valence-electron chi connectivity index (χ1n) is 21.0. The predicted molar refractivity (Wildman–Crippen MR) is 239 cm³/mol. The molecule has 5 atom stereocenters. The Morgan fingerprint density at radius 2 is 1.60 bits per heavy atom. The Morgan fingerprint density at radius 1 is 0.862 bits per heavy atom. The molecule has 1 fully saturated rings. The Balaban J connectivity index is 1.24. The molecule has 348 valence electrons. The Labute approximate surface area is 378 Å². The molecule has 23 heteroatoms. The predicted octanol–water partition coefficient (Wildman–Crippen LogP) is 0.573. The Bertz CT molecular complexity index is 2130. The number of carbonyl (C=O) groups is 6. The minimum atomic E-state index is -1.49. The van der Waals surface area contributed by atoms with Crippen LogP contribution in [-0.2, 0) is 39.8 Å². The lowest BCUT2D eigenvalue weighted by molar-refractivity contribution is -0.432. The maximum Gasteiger partial charge on any atom is 0.305 e. The average Bonchev–Trinajstić information content (AvgIpc) is 3.29. The number of amides is 5. The SMILES string of the molecule is NC1=NCCC(CC[C@H]2CNCC(=O)N[C@@H](CC(=O)O)C(=O)N[C@H](Cc3ccccc3)C(=O)NC(CCCCNC(=O)c3ccc(N/N=C\c4ccccc4SOOO)nc3)C(=O)N2)N1. The number of pyridine rings is 1. The second-order valence-electron chi connectivity index (χ2n) is 15.2. The van der Waals surface area contributed by atoms with Crippen LogP contribution in [0.5, 0.6) is 0 Å². The van der Waals surface area contributed by atoms with Crippen molar-refractivity contribution in [1.82, 2.24) is 42.2 Å². The van der Waals surface area contributed by atoms with Crippen molar-refractivity contribution in [3.8, 4) is 0 Å². The zero-order valence-corrected chi connectivity index (χ0v) is 36.2. The van der Waals surface area contributed by atoms with Crippen molar-refractivity contribution in [2.24, 2.45) is 15.8 Å². The number of rotatable bonds is 19. The fourth-order valence-corrected chi connectivity index (χ4v) is 7.38. The van der Waals surface area contributed by atoms with Crippen LogP contribution in [-0.4, -0.2) is 119 Å². The summed E-state index contributed by atoms with van der Waals surface area (Å²) in [5, 5.41) is 45.8. The van der Waals surface area contributed by atoms with Gasteiger partial charge < -0.3 is 48.1 Å². The lowest BCUT2D eigenvalue weighted by atomic mass is 10.0. The highest BCUT2D eigenvalue weighted by Crippen LogP contribution is 2.22. The summed E-state index contributed by atoms with van der Waals surface area (Å²) < 4.78 is 4.50. The number of nitrogens with two attached hydrogens (primary N) is 1. The second kappa shape index (κ2) is 26.2. The first-order chi connectivity index (χ1) is 31.5. The lowest BCUT2D eigenvalue weighted by Crippen LogP contribution is -2.58. The molecule has 3 aromatic rings. The molecule has 65 heavy (non-hydrogen) atoms. The van der Waals surface area contributed by atoms with Crippen molar-refractivity contribution in [3.05, 3.63) is 89.6 Å². The number of hydrogen-bond acceptors (Lipinski definition) is 17. The van der Waals surface area contributed by atoms with Gasteiger partial charge in [-0.25, -0.2) is 10.2 Å². The quantitative estimate of drug-likeness (QED) is 0.0258. The van der Waals surface area contributed by atoms with E-state index in [-0.39, 0.29) is 44.4 Å². The number of hydrazone groups is 1. The van der Waals surface area contributed by atoms with E-state index in [1.165, 1.54) is 12.4 Å². The number of hydrogen-bond donors (Lipinski definition) is 11. The number of carboxylic acids is 1. The van der Waals surface area contributed by atoms with Gasteiger partial charge in [-0.1, -0.05) is 53.6 Å². The van der Waals surface area contributed by atoms with Crippen LogP contribution in [0.2, 0.25) is 0 Å². The minimum absolute atomic E-state index is 0.00253. The third kappa shape index (κ3) is 17.1. The monoisotopic (exact) mass is 918 g/mol. The topological polar surface area (TPSA) is 321 Å². The van der Waals surface area contributed by atoms with Crippen LogP contribution >= 0.6 is 12.0 Å². The van der Waals surface area contributed by atoms with E-state index in [0.717, 1.165) is 18.5 Å². The standard InChI is InChI=1S/C42H54N12O10S/c43-42-46-19-17-29(50-42)14-15-30-24-44-25-36(55)51-33(21-37(56)57)41(61)53-32(20-26-8-2-1-3-9-26)40(60)52-31(39(59)49-30)11-6-7-18-45-38(58)28-13-16-35(47-22-28)54-48-23-27-10-4-5-12-34(27)65-64-63-62/h1-5,8-10,12-13,16,22-23,29-33,44,62H,6-7,11,14-15,17-21,24-25H2,(H,45,58)(H,47,54)(H,49,59)(H,51,55)(H,52,60)(H,53,61)(H,56,57)(H3,43,46,50)/b48-23-/t29?,30-,31?,32+,33-/m0/s1. The molecule has 2 unspecified atom stereocenters. The van der Waals surface area contributed by atoms with E-state index in [0.29, 0.717) is 65.6 Å². The molecule has 0 bridgehead atoms. The molecule has 1 saturated heterocycles. The lowest BCUT2D eigenvalue weighted by Gasteiger charge is -2.28. The van der Waals surface area contributed by atoms with E-state index in [1.807, 2.05) is 0 Å². The van der Waals surface area contributed by atoms with Crippen LogP contribution in [0.15, 0.2) is 87.9 Å². The fraction of sp³-hybridized carbons (Fsp3) is 0.405. The van der Waals surface area contributed by atoms with Gasteiger partial charge in [-0.05, 0) is 62.3 Å². The molecule has 0 aliphatic carbocycles. The normalized spacial score (nSPS) is 21.0. The molecule has 22 nitrogen and oxygen atoms in total. The number of aromatic nitrogens is 1. The van der Waals surface area contributed by atoms with E-state index >= 15 is 0 Å². The molecular weight excluding hydrogens is 865 g/mol. The summed E-state index contributed by atoms with van der Waals surface area (Å²) in [6.45, 7) is 0.646. The van der Waals surface area contributed by atoms with Gasteiger partial charge >= 0.3 is 5.97 Å². The van der Waals surface area contributed by atoms with Crippen LogP contribution in [0.3, 0.4) is 0 Å². The number of nitrogens with zero attached hydrogens (tertiary/aromatic N) is 3. The third-order valence-electron chi connectivity index (χ3n) is 10.3. The molecule has 2 aliphatic heterocycles. The van der Waals surface area contributed by atoms with Gasteiger partial charge in [-0.15, -0.1) is 4.33 Å². The second-order valence-corrected chi connectivity index (χ2v) is 15.9. The molecule has 2 aliphatic rings. The van der Waals surface area contributed by atoms with Gasteiger partial charge in [0.25, 0.3) is 5.91 Å². The molecule has 5 amide bonds. The van der Waals surface area contributed by atoms with E-state index in [1.54, 1.807) is 66.7 Å². The summed E-state index contributed by atoms with van der Waals surface area (Å²) in [6, 6.07) is 14.7. The Kier molecular flexibility index (Phi) is 19.9. The molecule has 1 aromatic heterocycles. The van der Waals surface area contributed by atoms with E-state index < -0.39 is 60.2 Å². The summed E-state index contributed by atoms with van der Waals surface area (Å²) in [7, 11) is 0. The first-order valence-corrected chi connectivity index (χ1v) is 21.7. The number of benzene rings is 2. The van der Waals surface area contributed by atoms with Gasteiger partial charge in [-0.2, -0.15) is 5.10 Å². The molecular formula is C42H54N12O10S. The molecule has 3 heterocycles. The van der Waals surface area contributed by atoms with Gasteiger partial charge in [-0.3, -0.25) is 39.2 Å². The number of guanidine groups is 1. The van der Waals surface area contributed by atoms with Gasteiger partial charge in [0.15, 0.2) is 5.96 Å². The van der Waals surface area contributed by atoms with Crippen LogP contribution in [0.25, 0.3) is 0 Å². The maximum atomic E-state index is 14.1. The molecule has 0 saturated carbocycles. The van der Waals surface area contributed by atoms with Crippen LogP contribution < -0.4 is 48.4 Å². The minimum Gasteiger partial charge on any atom is -0.481 e. The summed E-state index contributed by atoms with van der Waals surface area (Å²) in [5.74, 6) is -3.72. The van der Waals surface area contributed by atoms with Gasteiger partial charge in [0.2, 0.25) is 23.6 Å². The molecule has 12 N–H and O–H groups in total. The number of anilines is 1. The molecule has 0 spiro atoms. The number of carbonyl (C=O) groups excluding carboxylic acids is 5. The van der Waals surface area contributed by atoms with E-state index in [9.17, 15) is 33.9 Å². The van der Waals surface area contributed by atoms with Crippen molar-refractivity contribution in [1.29, 1.82) is 0 Å². The zero-order chi connectivity index (χ0) is 46.4. The van der Waals surface area contributed by atoms with Crippen LogP contribution in [0, 0.1) is 0 Å². The largest absolute Gasteiger partial charge is 0.481 e. The summed E-state index contributed by atoms with van der Waals surface area (Å²) in [5.41, 5.74) is 10.3. The van der Waals surface area contributed by atoms with Crippen molar-refractivity contribution in [3.63, 3.8) is 0 Å². The number of aliphatic carboxylic acids is 1. The summed E-state index contributed by atoms with van der Waals surface area (Å²) >= 11 is 0.796. The van der Waals surface area contributed by atoms with E-state index in [4.69, 9.17) is 11.0 Å². The Hall–Kier alpha value is -6.66. The van der Waals surface area contributed by atoms with Crippen molar-refractivity contribution < 1.29 is 48.5 Å². The number of carboxylic acid groups (broad SMARTS) is 1. The van der Waals surface area contributed by atoms with Gasteiger partial charge in [0.1, 0.15) is 23.9 Å². The summed E-state index contributed by atoms with van der Waals surface area (Å²) in [4.78, 5) is 88.5. The molecule has 0 radical (unpaired) electrons. The highest BCUT2D eigenvalue weighted by molar-refractivity contribution is 7.94. The molecule has 2 aromatic carbocycles. The molecule has 5 rings (SSSR count). The highest BCUT2D eigenvalue weighted by Gasteiger charge is 2.32. The highest BCUT2D eigenvalue weighted by atomic mass is 32.2. The number of aliphatic imine (C=N–C) groups is 1.